The summed E-state index contributed by atoms with van der Waals surface area (Å²) in [6.07, 6.45) is 4.22. The van der Waals surface area contributed by atoms with E-state index in [9.17, 15) is 4.79 Å². The van der Waals surface area contributed by atoms with Crippen molar-refractivity contribution in [1.29, 1.82) is 0 Å². The van der Waals surface area contributed by atoms with Gasteiger partial charge in [0, 0.05) is 5.92 Å². The molecule has 0 aliphatic heterocycles. The fourth-order valence-electron chi connectivity index (χ4n) is 0.602. The molecule has 0 unspecified atom stereocenters. The average Bonchev–Trinajstić information content (AvgIpc) is 2.36. The van der Waals surface area contributed by atoms with Crippen LogP contribution in [0, 0.1) is 12.1 Å². The smallest absolute Gasteiger partial charge is 0.250 e. The van der Waals surface area contributed by atoms with Crippen LogP contribution in [0.4, 0.5) is 0 Å². The van der Waals surface area contributed by atoms with E-state index in [2.05, 4.69) is 11.3 Å². The minimum Gasteiger partial charge on any atom is -0.272 e. The minimum atomic E-state index is -0.0231. The van der Waals surface area contributed by atoms with Gasteiger partial charge in [-0.2, -0.15) is 9.78 Å². The summed E-state index contributed by atoms with van der Waals surface area (Å²) in [5, 5.41) is 3.75. The van der Waals surface area contributed by atoms with E-state index in [1.807, 2.05) is 13.8 Å². The van der Waals surface area contributed by atoms with E-state index in [1.54, 1.807) is 12.3 Å². The lowest BCUT2D eigenvalue weighted by atomic mass is 10.2. The summed E-state index contributed by atoms with van der Waals surface area (Å²) in [6.45, 7) is 3.66. The van der Waals surface area contributed by atoms with Gasteiger partial charge in [0.15, 0.2) is 0 Å². The van der Waals surface area contributed by atoms with E-state index in [0.29, 0.717) is 0 Å². The molecule has 0 bridgehead atoms. The van der Waals surface area contributed by atoms with Crippen molar-refractivity contribution in [2.24, 2.45) is 5.92 Å². The summed E-state index contributed by atoms with van der Waals surface area (Å²) in [5.41, 5.74) is 0. The molecule has 0 fully saturated rings. The van der Waals surface area contributed by atoms with Crippen LogP contribution in [0.5, 0.6) is 0 Å². The van der Waals surface area contributed by atoms with Gasteiger partial charge >= 0.3 is 0 Å². The number of carbonyl (C=O) groups is 1. The summed E-state index contributed by atoms with van der Waals surface area (Å²) in [7, 11) is 0. The Morgan fingerprint density at radius 2 is 2.40 bits per heavy atom. The Kier molecular flexibility index (Phi) is 1.85. The highest BCUT2D eigenvalue weighted by Gasteiger charge is 2.08. The van der Waals surface area contributed by atoms with E-state index < -0.39 is 0 Å². The Bertz CT molecular complexity index is 214. The van der Waals surface area contributed by atoms with Crippen molar-refractivity contribution in [3.63, 3.8) is 0 Å². The summed E-state index contributed by atoms with van der Waals surface area (Å²) in [6, 6.07) is 1.61. The summed E-state index contributed by atoms with van der Waals surface area (Å²) in [4.78, 5) is 11.1. The molecule has 0 saturated heterocycles. The van der Waals surface area contributed by atoms with Crippen molar-refractivity contribution in [2.75, 3.05) is 0 Å². The number of aromatic nitrogens is 2. The van der Waals surface area contributed by atoms with Gasteiger partial charge in [-0.3, -0.25) is 4.79 Å². The monoisotopic (exact) mass is 137 g/mol. The molecule has 0 aromatic carbocycles. The van der Waals surface area contributed by atoms with Gasteiger partial charge in [0.1, 0.15) is 0 Å². The molecule has 0 aliphatic rings. The molecule has 1 heterocycles. The molecule has 0 spiro atoms. The van der Waals surface area contributed by atoms with Crippen LogP contribution < -0.4 is 0 Å². The maximum absolute atomic E-state index is 11.1. The number of hydrogen-bond acceptors (Lipinski definition) is 2. The van der Waals surface area contributed by atoms with Gasteiger partial charge < -0.3 is 0 Å². The number of nitrogens with zero attached hydrogens (tertiary/aromatic N) is 2. The fraction of sp³-hybridized carbons (Fsp3) is 0.429. The van der Waals surface area contributed by atoms with Crippen LogP contribution in [0.3, 0.4) is 0 Å². The molecule has 0 amide bonds. The lowest BCUT2D eigenvalue weighted by molar-refractivity contribution is 0.0837. The van der Waals surface area contributed by atoms with Crippen molar-refractivity contribution < 1.29 is 4.79 Å². The highest BCUT2D eigenvalue weighted by atomic mass is 16.2. The topological polar surface area (TPSA) is 34.9 Å². The van der Waals surface area contributed by atoms with Crippen LogP contribution in [-0.2, 0) is 0 Å². The highest BCUT2D eigenvalue weighted by molar-refractivity contribution is 5.79. The van der Waals surface area contributed by atoms with Crippen LogP contribution >= 0.6 is 0 Å². The molecule has 0 atom stereocenters. The average molecular weight is 137 g/mol. The third kappa shape index (κ3) is 1.23. The highest BCUT2D eigenvalue weighted by Crippen LogP contribution is 1.96. The van der Waals surface area contributed by atoms with E-state index in [4.69, 9.17) is 0 Å². The largest absolute Gasteiger partial charge is 0.272 e. The first-order valence-corrected chi connectivity index (χ1v) is 3.17. The van der Waals surface area contributed by atoms with Gasteiger partial charge in [0.25, 0.3) is 0 Å². The van der Waals surface area contributed by atoms with E-state index in [-0.39, 0.29) is 11.8 Å². The van der Waals surface area contributed by atoms with Crippen molar-refractivity contribution in [1.82, 2.24) is 9.78 Å². The van der Waals surface area contributed by atoms with E-state index in [1.165, 1.54) is 4.68 Å². The second-order valence-electron chi connectivity index (χ2n) is 2.37. The van der Waals surface area contributed by atoms with Gasteiger partial charge in [0.05, 0.1) is 12.4 Å². The molecule has 1 aromatic rings. The van der Waals surface area contributed by atoms with E-state index >= 15 is 0 Å². The molecule has 1 aromatic heterocycles. The fourth-order valence-corrected chi connectivity index (χ4v) is 0.602. The standard InChI is InChI=1S/C7H9N2O/c1-6(2)7(10)9-5-3-4-8-9/h3-4,6H,1-2H3. The third-order valence-electron chi connectivity index (χ3n) is 1.16. The van der Waals surface area contributed by atoms with Crippen molar-refractivity contribution >= 4 is 5.91 Å². The molecule has 53 valence electrons. The molecule has 3 nitrogen and oxygen atoms in total. The van der Waals surface area contributed by atoms with Crippen LogP contribution in [0.15, 0.2) is 12.3 Å². The molecule has 3 heteroatoms. The molecule has 10 heavy (non-hydrogen) atoms. The first-order chi connectivity index (χ1) is 4.72. The molecule has 1 rings (SSSR count). The number of hydrogen-bond donors (Lipinski definition) is 0. The zero-order valence-corrected chi connectivity index (χ0v) is 6.03. The SMILES string of the molecule is CC(C)C(=O)n1[c]ccn1. The van der Waals surface area contributed by atoms with Crippen LogP contribution in [0.25, 0.3) is 0 Å². The first kappa shape index (κ1) is 6.99. The molecule has 0 aliphatic carbocycles. The number of carbonyl (C=O) groups excluding carboxylic acids is 1. The quantitative estimate of drug-likeness (QED) is 0.578. The Morgan fingerprint density at radius 1 is 1.70 bits per heavy atom. The Labute approximate surface area is 59.7 Å². The van der Waals surface area contributed by atoms with Gasteiger partial charge in [-0.05, 0) is 6.07 Å². The second kappa shape index (κ2) is 2.64. The number of rotatable bonds is 1. The Morgan fingerprint density at radius 3 is 2.80 bits per heavy atom. The molecule has 0 N–H and O–H groups in total. The van der Waals surface area contributed by atoms with Crippen molar-refractivity contribution in [3.05, 3.63) is 18.5 Å². The molecule has 1 radical (unpaired) electrons. The minimum absolute atomic E-state index is 0.0175. The van der Waals surface area contributed by atoms with E-state index in [0.717, 1.165) is 0 Å². The third-order valence-corrected chi connectivity index (χ3v) is 1.16. The van der Waals surface area contributed by atoms with Crippen LogP contribution in [0.1, 0.15) is 18.6 Å². The molecule has 0 saturated carbocycles. The van der Waals surface area contributed by atoms with Crippen molar-refractivity contribution in [3.8, 4) is 0 Å². The molecular weight excluding hydrogens is 128 g/mol. The van der Waals surface area contributed by atoms with Crippen LogP contribution in [0.2, 0.25) is 0 Å². The van der Waals surface area contributed by atoms with Gasteiger partial charge in [0.2, 0.25) is 5.91 Å². The second-order valence-corrected chi connectivity index (χ2v) is 2.37. The lowest BCUT2D eigenvalue weighted by Crippen LogP contribution is -2.17. The maximum atomic E-state index is 11.1. The summed E-state index contributed by atoms with van der Waals surface area (Å²) >= 11 is 0. The Balaban J connectivity index is 2.78. The first-order valence-electron chi connectivity index (χ1n) is 3.17. The molecular formula is C7H9N2O. The predicted octanol–water partition coefficient (Wildman–Crippen LogP) is 0.979. The summed E-state index contributed by atoms with van der Waals surface area (Å²) in [5.74, 6) is -0.0406. The van der Waals surface area contributed by atoms with Crippen LogP contribution in [-0.4, -0.2) is 15.7 Å². The Hall–Kier alpha value is -1.12. The normalized spacial score (nSPS) is 10.3. The predicted molar refractivity (Wildman–Crippen MR) is 36.5 cm³/mol. The lowest BCUT2D eigenvalue weighted by Gasteiger charge is -2.00. The van der Waals surface area contributed by atoms with Crippen molar-refractivity contribution in [2.45, 2.75) is 13.8 Å². The van der Waals surface area contributed by atoms with Gasteiger partial charge in [-0.1, -0.05) is 13.8 Å². The van der Waals surface area contributed by atoms with Gasteiger partial charge in [-0.25, -0.2) is 0 Å². The zero-order valence-electron chi connectivity index (χ0n) is 6.03. The maximum Gasteiger partial charge on any atom is 0.250 e. The zero-order chi connectivity index (χ0) is 7.56. The summed E-state index contributed by atoms with van der Waals surface area (Å²) < 4.78 is 1.23. The van der Waals surface area contributed by atoms with Gasteiger partial charge in [-0.15, -0.1) is 0 Å².